The number of carbonyl (C=O) groups is 1. The van der Waals surface area contributed by atoms with Gasteiger partial charge >= 0.3 is 0 Å². The molecule has 0 aliphatic rings. The molecule has 0 aliphatic heterocycles. The summed E-state index contributed by atoms with van der Waals surface area (Å²) in [5.41, 5.74) is 4.41. The van der Waals surface area contributed by atoms with Crippen LogP contribution in [0.15, 0.2) is 101 Å². The van der Waals surface area contributed by atoms with Crippen molar-refractivity contribution in [2.75, 3.05) is 0 Å². The average molecular weight is 498 g/mol. The largest absolute Gasteiger partial charge is 0.344 e. The highest BCUT2D eigenvalue weighted by atomic mass is 32.2. The smallest absolute Gasteiger partial charge is 0.257 e. The molecular formula is C30H31N3O2S. The van der Waals surface area contributed by atoms with E-state index in [0.717, 1.165) is 16.7 Å². The Morgan fingerprint density at radius 3 is 1.97 bits per heavy atom. The van der Waals surface area contributed by atoms with Gasteiger partial charge in [0, 0.05) is 24.7 Å². The van der Waals surface area contributed by atoms with E-state index in [1.54, 1.807) is 11.6 Å². The van der Waals surface area contributed by atoms with Crippen molar-refractivity contribution in [2.45, 2.75) is 43.1 Å². The Morgan fingerprint density at radius 1 is 0.917 bits per heavy atom. The number of nitrogens with one attached hydrogen (secondary N) is 1. The summed E-state index contributed by atoms with van der Waals surface area (Å²) >= 11 is 1.34. The van der Waals surface area contributed by atoms with E-state index in [0.29, 0.717) is 29.3 Å². The van der Waals surface area contributed by atoms with Crippen LogP contribution >= 0.6 is 11.8 Å². The number of carbonyl (C=O) groups excluding carboxylic acids is 1. The Hall–Kier alpha value is -3.64. The van der Waals surface area contributed by atoms with Crippen LogP contribution in [0.1, 0.15) is 47.3 Å². The molecule has 0 saturated heterocycles. The summed E-state index contributed by atoms with van der Waals surface area (Å²) in [6.07, 6.45) is 1.14. The third kappa shape index (κ3) is 5.94. The molecule has 1 N–H and O–H groups in total. The molecule has 4 rings (SSSR count). The quantitative estimate of drug-likeness (QED) is 0.247. The highest BCUT2D eigenvalue weighted by molar-refractivity contribution is 8.00. The average Bonchev–Trinajstić information content (AvgIpc) is 2.92. The van der Waals surface area contributed by atoms with Crippen LogP contribution in [-0.2, 0) is 18.3 Å². The van der Waals surface area contributed by atoms with Crippen molar-refractivity contribution in [2.24, 2.45) is 7.05 Å². The molecule has 1 amide bonds. The van der Waals surface area contributed by atoms with Gasteiger partial charge in [-0.25, -0.2) is 4.98 Å². The number of hydrogen-bond acceptors (Lipinski definition) is 4. The standard InChI is InChI=1S/C30H31N3O2S/c1-4-26(28(34)32-27(23-16-10-6-11-17-23)24-18-12-7-13-19-24)36-30-31-21(2)25(29(35)33(30)3)20-22-14-8-5-9-15-22/h5-19,26-27H,4,20H2,1-3H3,(H,32,34). The maximum absolute atomic E-state index is 13.5. The maximum atomic E-state index is 13.5. The van der Waals surface area contributed by atoms with Gasteiger partial charge in [-0.15, -0.1) is 0 Å². The van der Waals surface area contributed by atoms with Crippen LogP contribution in [0.25, 0.3) is 0 Å². The Bertz CT molecular complexity index is 1320. The molecule has 3 aromatic carbocycles. The fourth-order valence-corrected chi connectivity index (χ4v) is 5.20. The third-order valence-corrected chi connectivity index (χ3v) is 7.64. The lowest BCUT2D eigenvalue weighted by atomic mass is 9.98. The molecule has 6 heteroatoms. The zero-order valence-corrected chi connectivity index (χ0v) is 21.7. The number of amides is 1. The van der Waals surface area contributed by atoms with Crippen molar-refractivity contribution in [3.8, 4) is 0 Å². The molecule has 1 heterocycles. The first-order chi connectivity index (χ1) is 17.5. The SMILES string of the molecule is CCC(Sc1nc(C)c(Cc2ccccc2)c(=O)n1C)C(=O)NC(c1ccccc1)c1ccccc1. The Morgan fingerprint density at radius 2 is 1.44 bits per heavy atom. The molecule has 1 unspecified atom stereocenters. The number of thioether (sulfide) groups is 1. The van der Waals surface area contributed by atoms with E-state index in [1.807, 2.05) is 105 Å². The van der Waals surface area contributed by atoms with Crippen LogP contribution in [-0.4, -0.2) is 20.7 Å². The van der Waals surface area contributed by atoms with Crippen molar-refractivity contribution >= 4 is 17.7 Å². The summed E-state index contributed by atoms with van der Waals surface area (Å²) in [4.78, 5) is 31.4. The van der Waals surface area contributed by atoms with Crippen LogP contribution in [0.4, 0.5) is 0 Å². The fraction of sp³-hybridized carbons (Fsp3) is 0.233. The zero-order chi connectivity index (χ0) is 25.5. The van der Waals surface area contributed by atoms with Gasteiger partial charge in [0.25, 0.3) is 5.56 Å². The first kappa shape index (κ1) is 25.5. The van der Waals surface area contributed by atoms with E-state index in [1.165, 1.54) is 11.8 Å². The number of aryl methyl sites for hydroxylation is 1. The summed E-state index contributed by atoms with van der Waals surface area (Å²) < 4.78 is 1.57. The van der Waals surface area contributed by atoms with Crippen molar-refractivity contribution in [3.63, 3.8) is 0 Å². The van der Waals surface area contributed by atoms with Crippen LogP contribution in [0.3, 0.4) is 0 Å². The molecule has 5 nitrogen and oxygen atoms in total. The number of benzene rings is 3. The van der Waals surface area contributed by atoms with Gasteiger partial charge in [0.2, 0.25) is 5.91 Å². The van der Waals surface area contributed by atoms with E-state index >= 15 is 0 Å². The van der Waals surface area contributed by atoms with Crippen LogP contribution in [0.5, 0.6) is 0 Å². The molecule has 4 aromatic rings. The van der Waals surface area contributed by atoms with Gasteiger partial charge in [-0.3, -0.25) is 14.2 Å². The van der Waals surface area contributed by atoms with Gasteiger partial charge in [-0.1, -0.05) is 110 Å². The van der Waals surface area contributed by atoms with Gasteiger partial charge in [-0.2, -0.15) is 0 Å². The molecule has 0 aliphatic carbocycles. The Labute approximate surface area is 216 Å². The number of nitrogens with zero attached hydrogens (tertiary/aromatic N) is 2. The van der Waals surface area contributed by atoms with Gasteiger partial charge in [0.1, 0.15) is 0 Å². The number of rotatable bonds is 9. The summed E-state index contributed by atoms with van der Waals surface area (Å²) in [5.74, 6) is -0.0829. The summed E-state index contributed by atoms with van der Waals surface area (Å²) in [7, 11) is 1.73. The van der Waals surface area contributed by atoms with Gasteiger partial charge < -0.3 is 5.32 Å². The van der Waals surface area contributed by atoms with E-state index in [9.17, 15) is 9.59 Å². The van der Waals surface area contributed by atoms with Gasteiger partial charge in [-0.05, 0) is 30.0 Å². The highest BCUT2D eigenvalue weighted by Gasteiger charge is 2.25. The molecule has 1 aromatic heterocycles. The molecule has 0 spiro atoms. The number of hydrogen-bond donors (Lipinski definition) is 1. The second-order valence-corrected chi connectivity index (χ2v) is 9.93. The van der Waals surface area contributed by atoms with Crippen molar-refractivity contribution in [3.05, 3.63) is 129 Å². The highest BCUT2D eigenvalue weighted by Crippen LogP contribution is 2.27. The normalized spacial score (nSPS) is 11.9. The monoisotopic (exact) mass is 497 g/mol. The summed E-state index contributed by atoms with van der Waals surface area (Å²) in [5, 5.41) is 3.40. The molecule has 0 bridgehead atoms. The van der Waals surface area contributed by atoms with Crippen LogP contribution < -0.4 is 10.9 Å². The van der Waals surface area contributed by atoms with Gasteiger partial charge in [0.15, 0.2) is 5.16 Å². The zero-order valence-electron chi connectivity index (χ0n) is 20.8. The van der Waals surface area contributed by atoms with E-state index in [4.69, 9.17) is 4.98 Å². The fourth-order valence-electron chi connectivity index (χ4n) is 4.17. The summed E-state index contributed by atoms with van der Waals surface area (Å²) in [6.45, 7) is 3.84. The van der Waals surface area contributed by atoms with Crippen LogP contribution in [0, 0.1) is 6.92 Å². The topological polar surface area (TPSA) is 64.0 Å². The summed E-state index contributed by atoms with van der Waals surface area (Å²) in [6, 6.07) is 29.6. The van der Waals surface area contributed by atoms with Crippen molar-refractivity contribution in [1.82, 2.24) is 14.9 Å². The molecule has 184 valence electrons. The molecule has 0 radical (unpaired) electrons. The molecular weight excluding hydrogens is 466 g/mol. The van der Waals surface area contributed by atoms with Crippen LogP contribution in [0.2, 0.25) is 0 Å². The Kier molecular flexibility index (Phi) is 8.39. The van der Waals surface area contributed by atoms with E-state index in [-0.39, 0.29) is 17.5 Å². The first-order valence-electron chi connectivity index (χ1n) is 12.1. The maximum Gasteiger partial charge on any atom is 0.257 e. The molecule has 0 saturated carbocycles. The lowest BCUT2D eigenvalue weighted by molar-refractivity contribution is -0.121. The van der Waals surface area contributed by atoms with Gasteiger partial charge in [0.05, 0.1) is 11.3 Å². The molecule has 0 fully saturated rings. The van der Waals surface area contributed by atoms with Crippen molar-refractivity contribution in [1.29, 1.82) is 0 Å². The molecule has 36 heavy (non-hydrogen) atoms. The van der Waals surface area contributed by atoms with E-state index in [2.05, 4.69) is 5.32 Å². The lowest BCUT2D eigenvalue weighted by Crippen LogP contribution is -2.36. The first-order valence-corrected chi connectivity index (χ1v) is 13.0. The van der Waals surface area contributed by atoms with Crippen molar-refractivity contribution < 1.29 is 4.79 Å². The van der Waals surface area contributed by atoms with E-state index < -0.39 is 5.25 Å². The Balaban J connectivity index is 1.57. The predicted octanol–water partition coefficient (Wildman–Crippen LogP) is 5.46. The second kappa shape index (κ2) is 11.9. The lowest BCUT2D eigenvalue weighted by Gasteiger charge is -2.23. The minimum Gasteiger partial charge on any atom is -0.344 e. The minimum absolute atomic E-state index is 0.0736. The second-order valence-electron chi connectivity index (χ2n) is 8.76. The molecule has 1 atom stereocenters. The predicted molar refractivity (Wildman–Crippen MR) is 146 cm³/mol. The minimum atomic E-state index is -0.391. The third-order valence-electron chi connectivity index (χ3n) is 6.24. The number of aromatic nitrogens is 2.